The van der Waals surface area contributed by atoms with Crippen molar-refractivity contribution in [3.8, 4) is 0 Å². The molecule has 0 aromatic heterocycles. The van der Waals surface area contributed by atoms with E-state index < -0.39 is 28.7 Å². The molecule has 0 rings (SSSR count). The lowest BCUT2D eigenvalue weighted by Gasteiger charge is -2.43. The van der Waals surface area contributed by atoms with Crippen molar-refractivity contribution in [3.05, 3.63) is 34.4 Å². The molecular formula is C19H29NO6. The van der Waals surface area contributed by atoms with Crippen LogP contribution in [0.1, 0.15) is 48.0 Å². The molecule has 7 nitrogen and oxygen atoms in total. The molecule has 0 saturated carbocycles. The molecule has 0 aliphatic rings. The van der Waals surface area contributed by atoms with Gasteiger partial charge in [-0.25, -0.2) is 14.4 Å². The molecule has 0 bridgehead atoms. The Morgan fingerprint density at radius 2 is 1.42 bits per heavy atom. The summed E-state index contributed by atoms with van der Waals surface area (Å²) in [5.74, 6) is -3.52. The molecule has 146 valence electrons. The van der Waals surface area contributed by atoms with E-state index in [2.05, 4.69) is 0 Å². The van der Waals surface area contributed by atoms with Crippen LogP contribution in [0.4, 0.5) is 0 Å². The lowest BCUT2D eigenvalue weighted by molar-refractivity contribution is -0.133. The summed E-state index contributed by atoms with van der Waals surface area (Å²) in [6.07, 6.45) is 2.92. The first kappa shape index (κ1) is 23.6. The number of carboxylic acids is 3. The number of aliphatic carboxylic acids is 3. The Hall–Kier alpha value is -2.41. The third-order valence-corrected chi connectivity index (χ3v) is 5.01. The Labute approximate surface area is 153 Å². The van der Waals surface area contributed by atoms with Crippen molar-refractivity contribution in [2.45, 2.75) is 48.0 Å². The van der Waals surface area contributed by atoms with Gasteiger partial charge in [0, 0.05) is 11.1 Å². The summed E-state index contributed by atoms with van der Waals surface area (Å²) in [6.45, 7) is 10.3. The predicted octanol–water partition coefficient (Wildman–Crippen LogP) is 2.83. The Bertz CT molecular complexity index is 680. The van der Waals surface area contributed by atoms with Crippen LogP contribution in [-0.4, -0.2) is 39.8 Å². The van der Waals surface area contributed by atoms with Crippen LogP contribution in [0.25, 0.3) is 0 Å². The Morgan fingerprint density at radius 1 is 0.923 bits per heavy atom. The maximum atomic E-state index is 11.6. The number of nitrogens with two attached hydrogens (primary N) is 1. The van der Waals surface area contributed by atoms with Gasteiger partial charge in [-0.3, -0.25) is 0 Å². The Balaban J connectivity index is 6.43. The Morgan fingerprint density at radius 3 is 1.77 bits per heavy atom. The lowest BCUT2D eigenvalue weighted by atomic mass is 9.61. The van der Waals surface area contributed by atoms with Crippen molar-refractivity contribution in [3.63, 3.8) is 0 Å². The minimum atomic E-state index is -1.26. The fourth-order valence-corrected chi connectivity index (χ4v) is 2.66. The zero-order chi connectivity index (χ0) is 20.9. The van der Waals surface area contributed by atoms with Crippen molar-refractivity contribution in [2.75, 3.05) is 6.54 Å². The van der Waals surface area contributed by atoms with Gasteiger partial charge < -0.3 is 21.1 Å². The molecule has 0 aromatic carbocycles. The van der Waals surface area contributed by atoms with Crippen LogP contribution in [0.15, 0.2) is 34.4 Å². The molecule has 5 N–H and O–H groups in total. The minimum Gasteiger partial charge on any atom is -0.478 e. The van der Waals surface area contributed by atoms with E-state index in [0.717, 1.165) is 6.08 Å². The molecule has 0 radical (unpaired) electrons. The van der Waals surface area contributed by atoms with E-state index in [1.165, 1.54) is 19.9 Å². The topological polar surface area (TPSA) is 138 Å². The maximum Gasteiger partial charge on any atom is 0.335 e. The van der Waals surface area contributed by atoms with Gasteiger partial charge in [0.1, 0.15) is 0 Å². The fraction of sp³-hybridized carbons (Fsp3) is 0.526. The molecule has 26 heavy (non-hydrogen) atoms. The number of carbonyl (C=O) groups is 3. The van der Waals surface area contributed by atoms with Crippen LogP contribution < -0.4 is 5.73 Å². The van der Waals surface area contributed by atoms with Crippen LogP contribution in [0.5, 0.6) is 0 Å². The predicted molar refractivity (Wildman–Crippen MR) is 98.7 cm³/mol. The maximum absolute atomic E-state index is 11.6. The van der Waals surface area contributed by atoms with Gasteiger partial charge in [-0.15, -0.1) is 0 Å². The molecule has 0 saturated heterocycles. The molecule has 0 fully saturated rings. The van der Waals surface area contributed by atoms with Crippen molar-refractivity contribution < 1.29 is 29.7 Å². The first-order valence-electron chi connectivity index (χ1n) is 8.20. The average molecular weight is 367 g/mol. The monoisotopic (exact) mass is 367 g/mol. The SMILES string of the molecule is CC(=CC(=CC(C)(C)C(C)(C)C(CCN)=C(C)C(=O)O)C(=O)O)C(=O)O. The van der Waals surface area contributed by atoms with E-state index in [0.29, 0.717) is 12.0 Å². The van der Waals surface area contributed by atoms with Crippen LogP contribution in [0, 0.1) is 10.8 Å². The molecule has 0 aliphatic heterocycles. The van der Waals surface area contributed by atoms with E-state index >= 15 is 0 Å². The standard InChI is InChI=1S/C19H29NO6/c1-11(15(21)22)9-13(17(25)26)10-18(3,4)19(5,6)14(7-8-20)12(2)16(23)24/h9-10H,7-8,20H2,1-6H3,(H,21,22)(H,23,24)(H,25,26). The molecule has 0 aromatic rings. The molecule has 0 atom stereocenters. The summed E-state index contributed by atoms with van der Waals surface area (Å²) in [7, 11) is 0. The largest absolute Gasteiger partial charge is 0.478 e. The highest BCUT2D eigenvalue weighted by Gasteiger charge is 2.40. The number of hydrogen-bond donors (Lipinski definition) is 4. The second kappa shape index (κ2) is 8.80. The number of rotatable bonds is 9. The van der Waals surface area contributed by atoms with E-state index in [9.17, 15) is 24.6 Å². The van der Waals surface area contributed by atoms with Crippen molar-refractivity contribution in [1.82, 2.24) is 0 Å². The molecule has 0 heterocycles. The fourth-order valence-electron chi connectivity index (χ4n) is 2.66. The first-order valence-corrected chi connectivity index (χ1v) is 8.20. The summed E-state index contributed by atoms with van der Waals surface area (Å²) < 4.78 is 0. The van der Waals surface area contributed by atoms with E-state index in [1.54, 1.807) is 13.8 Å². The zero-order valence-electron chi connectivity index (χ0n) is 16.2. The quantitative estimate of drug-likeness (QED) is 0.363. The molecular weight excluding hydrogens is 338 g/mol. The van der Waals surface area contributed by atoms with Crippen molar-refractivity contribution in [1.29, 1.82) is 0 Å². The molecule has 0 unspecified atom stereocenters. The third kappa shape index (κ3) is 5.56. The highest BCUT2D eigenvalue weighted by Crippen LogP contribution is 2.48. The summed E-state index contributed by atoms with van der Waals surface area (Å²) in [6, 6.07) is 0. The van der Waals surface area contributed by atoms with Crippen LogP contribution in [0.3, 0.4) is 0 Å². The Kier molecular flexibility index (Phi) is 7.99. The van der Waals surface area contributed by atoms with Crippen molar-refractivity contribution >= 4 is 17.9 Å². The third-order valence-electron chi connectivity index (χ3n) is 5.01. The first-order chi connectivity index (χ1) is 11.7. The molecule has 0 spiro atoms. The highest BCUT2D eigenvalue weighted by atomic mass is 16.4. The highest BCUT2D eigenvalue weighted by molar-refractivity contribution is 5.94. The molecule has 7 heteroatoms. The van der Waals surface area contributed by atoms with Gasteiger partial charge in [-0.1, -0.05) is 39.3 Å². The van der Waals surface area contributed by atoms with Gasteiger partial charge in [0.25, 0.3) is 0 Å². The van der Waals surface area contributed by atoms with Crippen LogP contribution in [-0.2, 0) is 14.4 Å². The smallest absolute Gasteiger partial charge is 0.335 e. The molecule has 0 amide bonds. The second-order valence-electron chi connectivity index (χ2n) is 7.33. The summed E-state index contributed by atoms with van der Waals surface area (Å²) in [5, 5.41) is 27.8. The van der Waals surface area contributed by atoms with Gasteiger partial charge >= 0.3 is 17.9 Å². The summed E-state index contributed by atoms with van der Waals surface area (Å²) in [5.41, 5.74) is 4.65. The minimum absolute atomic E-state index is 0.105. The summed E-state index contributed by atoms with van der Waals surface area (Å²) in [4.78, 5) is 34.0. The summed E-state index contributed by atoms with van der Waals surface area (Å²) >= 11 is 0. The lowest BCUT2D eigenvalue weighted by Crippen LogP contribution is -2.35. The number of carboxylic acid groups (broad SMARTS) is 3. The van der Waals surface area contributed by atoms with Crippen LogP contribution in [0.2, 0.25) is 0 Å². The van der Waals surface area contributed by atoms with Crippen molar-refractivity contribution in [2.24, 2.45) is 16.6 Å². The molecule has 0 aliphatic carbocycles. The zero-order valence-corrected chi connectivity index (χ0v) is 16.2. The van der Waals surface area contributed by atoms with Gasteiger partial charge in [0.2, 0.25) is 0 Å². The van der Waals surface area contributed by atoms with Gasteiger partial charge in [-0.05, 0) is 43.7 Å². The number of hydrogen-bond acceptors (Lipinski definition) is 4. The number of allylic oxidation sites excluding steroid dienone is 1. The second-order valence-corrected chi connectivity index (χ2v) is 7.33. The van der Waals surface area contributed by atoms with Gasteiger partial charge in [0.15, 0.2) is 0 Å². The van der Waals surface area contributed by atoms with Gasteiger partial charge in [-0.2, -0.15) is 0 Å². The van der Waals surface area contributed by atoms with Crippen LogP contribution >= 0.6 is 0 Å². The van der Waals surface area contributed by atoms with E-state index in [1.807, 2.05) is 13.8 Å². The normalized spacial score (nSPS) is 14.7. The van der Waals surface area contributed by atoms with E-state index in [4.69, 9.17) is 10.8 Å². The van der Waals surface area contributed by atoms with Gasteiger partial charge in [0.05, 0.1) is 5.57 Å². The average Bonchev–Trinajstić information content (AvgIpc) is 2.50. The van der Waals surface area contributed by atoms with E-state index in [-0.39, 0.29) is 23.3 Å².